The van der Waals surface area contributed by atoms with E-state index < -0.39 is 26.5 Å². The number of hydrogen-bond donors (Lipinski definition) is 1. The molecule has 9 heteroatoms. The van der Waals surface area contributed by atoms with Crippen LogP contribution in [0.1, 0.15) is 36.7 Å². The highest BCUT2D eigenvalue weighted by Crippen LogP contribution is 2.16. The van der Waals surface area contributed by atoms with E-state index in [4.69, 9.17) is 4.74 Å². The Labute approximate surface area is 157 Å². The lowest BCUT2D eigenvalue weighted by Crippen LogP contribution is -2.40. The van der Waals surface area contributed by atoms with E-state index in [9.17, 15) is 23.3 Å². The van der Waals surface area contributed by atoms with Gasteiger partial charge in [-0.15, -0.1) is 0 Å². The predicted molar refractivity (Wildman–Crippen MR) is 98.7 cm³/mol. The van der Waals surface area contributed by atoms with Gasteiger partial charge in [-0.1, -0.05) is 0 Å². The Morgan fingerprint density at radius 3 is 2.11 bits per heavy atom. The first-order valence-electron chi connectivity index (χ1n) is 8.02. The predicted octanol–water partition coefficient (Wildman–Crippen LogP) is 3.03. The van der Waals surface area contributed by atoms with Crippen LogP contribution in [0.5, 0.6) is 0 Å². The Morgan fingerprint density at radius 1 is 1.07 bits per heavy atom. The Bertz CT molecular complexity index is 929. The van der Waals surface area contributed by atoms with Crippen LogP contribution in [0.25, 0.3) is 0 Å². The van der Waals surface area contributed by atoms with Gasteiger partial charge in [0, 0.05) is 17.7 Å². The maximum absolute atomic E-state index is 12.2. The number of nitrogens with zero attached hydrogens (tertiary/aromatic N) is 1. The minimum Gasteiger partial charge on any atom is -0.457 e. The van der Waals surface area contributed by atoms with Crippen molar-refractivity contribution in [1.29, 1.82) is 0 Å². The number of esters is 1. The SMILES string of the molecule is CC(C)(C)NS(=O)(=O)c1ccc(C(=O)OCc2ccc([N+](=O)[O-])cc2)cc1. The van der Waals surface area contributed by atoms with Crippen molar-refractivity contribution in [1.82, 2.24) is 4.72 Å². The summed E-state index contributed by atoms with van der Waals surface area (Å²) in [6.07, 6.45) is 0. The van der Waals surface area contributed by atoms with Crippen LogP contribution in [-0.2, 0) is 21.4 Å². The first-order chi connectivity index (χ1) is 12.5. The molecule has 0 amide bonds. The van der Waals surface area contributed by atoms with Crippen LogP contribution in [-0.4, -0.2) is 24.8 Å². The summed E-state index contributed by atoms with van der Waals surface area (Å²) >= 11 is 0. The number of rotatable bonds is 6. The molecule has 0 aromatic heterocycles. The van der Waals surface area contributed by atoms with Gasteiger partial charge in [-0.05, 0) is 62.7 Å². The van der Waals surface area contributed by atoms with Gasteiger partial charge < -0.3 is 4.74 Å². The van der Waals surface area contributed by atoms with Crippen LogP contribution in [0.2, 0.25) is 0 Å². The van der Waals surface area contributed by atoms with Gasteiger partial charge in [-0.2, -0.15) is 0 Å². The van der Waals surface area contributed by atoms with Gasteiger partial charge >= 0.3 is 5.97 Å². The number of non-ortho nitro benzene ring substituents is 1. The third-order valence-electron chi connectivity index (χ3n) is 3.36. The molecule has 0 unspecified atom stereocenters. The summed E-state index contributed by atoms with van der Waals surface area (Å²) in [5.41, 5.74) is 0.126. The van der Waals surface area contributed by atoms with Crippen molar-refractivity contribution in [2.75, 3.05) is 0 Å². The van der Waals surface area contributed by atoms with Crippen LogP contribution >= 0.6 is 0 Å². The third kappa shape index (κ3) is 5.87. The molecule has 2 rings (SSSR count). The van der Waals surface area contributed by atoms with E-state index in [1.165, 1.54) is 48.5 Å². The first-order valence-corrected chi connectivity index (χ1v) is 9.51. The molecular formula is C18H20N2O6S. The lowest BCUT2D eigenvalue weighted by atomic mass is 10.1. The van der Waals surface area contributed by atoms with E-state index in [-0.39, 0.29) is 22.8 Å². The van der Waals surface area contributed by atoms with Crippen LogP contribution in [0.15, 0.2) is 53.4 Å². The normalized spacial score (nSPS) is 11.8. The Kier molecular flexibility index (Phi) is 5.97. The second-order valence-electron chi connectivity index (χ2n) is 6.88. The Balaban J connectivity index is 2.02. The summed E-state index contributed by atoms with van der Waals surface area (Å²) < 4.78 is 32.2. The molecule has 1 N–H and O–H groups in total. The number of sulfonamides is 1. The number of nitrogens with one attached hydrogen (secondary N) is 1. The van der Waals surface area contributed by atoms with Gasteiger partial charge in [0.1, 0.15) is 6.61 Å². The number of nitro benzene ring substituents is 1. The van der Waals surface area contributed by atoms with Gasteiger partial charge in [0.2, 0.25) is 10.0 Å². The molecule has 0 heterocycles. The van der Waals surface area contributed by atoms with Crippen molar-refractivity contribution in [2.24, 2.45) is 0 Å². The van der Waals surface area contributed by atoms with E-state index in [1.807, 2.05) is 0 Å². The molecular weight excluding hydrogens is 372 g/mol. The van der Waals surface area contributed by atoms with Crippen molar-refractivity contribution >= 4 is 21.7 Å². The fourth-order valence-electron chi connectivity index (χ4n) is 2.18. The van der Waals surface area contributed by atoms with Crippen LogP contribution in [0.3, 0.4) is 0 Å². The molecule has 2 aromatic carbocycles. The largest absolute Gasteiger partial charge is 0.457 e. The molecule has 2 aromatic rings. The van der Waals surface area contributed by atoms with Gasteiger partial charge in [0.05, 0.1) is 15.4 Å². The van der Waals surface area contributed by atoms with Crippen LogP contribution in [0.4, 0.5) is 5.69 Å². The molecule has 0 atom stereocenters. The highest BCUT2D eigenvalue weighted by Gasteiger charge is 2.22. The Morgan fingerprint density at radius 2 is 1.63 bits per heavy atom. The second kappa shape index (κ2) is 7.85. The topological polar surface area (TPSA) is 116 Å². The van der Waals surface area contributed by atoms with Gasteiger partial charge in [0.15, 0.2) is 0 Å². The highest BCUT2D eigenvalue weighted by molar-refractivity contribution is 7.89. The summed E-state index contributed by atoms with van der Waals surface area (Å²) in [5.74, 6) is -0.624. The van der Waals surface area contributed by atoms with Gasteiger partial charge in [-0.3, -0.25) is 10.1 Å². The lowest BCUT2D eigenvalue weighted by molar-refractivity contribution is -0.384. The van der Waals surface area contributed by atoms with Crippen molar-refractivity contribution in [2.45, 2.75) is 37.8 Å². The average molecular weight is 392 g/mol. The maximum Gasteiger partial charge on any atom is 0.338 e. The number of hydrogen-bond acceptors (Lipinski definition) is 6. The van der Waals surface area contributed by atoms with Crippen LogP contribution < -0.4 is 4.72 Å². The summed E-state index contributed by atoms with van der Waals surface area (Å²) in [7, 11) is -3.68. The van der Waals surface area contributed by atoms with E-state index >= 15 is 0 Å². The summed E-state index contributed by atoms with van der Waals surface area (Å²) in [4.78, 5) is 22.2. The second-order valence-corrected chi connectivity index (χ2v) is 8.56. The monoisotopic (exact) mass is 392 g/mol. The van der Waals surface area contributed by atoms with Crippen molar-refractivity contribution in [3.63, 3.8) is 0 Å². The molecule has 0 saturated carbocycles. The highest BCUT2D eigenvalue weighted by atomic mass is 32.2. The van der Waals surface area contributed by atoms with E-state index in [0.717, 1.165) is 0 Å². The molecule has 0 spiro atoms. The number of benzene rings is 2. The first kappa shape index (κ1) is 20.5. The molecule has 0 aliphatic rings. The number of carbonyl (C=O) groups excluding carboxylic acids is 1. The molecule has 0 bridgehead atoms. The molecule has 0 saturated heterocycles. The van der Waals surface area contributed by atoms with Crippen molar-refractivity contribution < 1.29 is 22.9 Å². The van der Waals surface area contributed by atoms with E-state index in [0.29, 0.717) is 5.56 Å². The number of nitro groups is 1. The third-order valence-corrected chi connectivity index (χ3v) is 5.13. The van der Waals surface area contributed by atoms with E-state index in [2.05, 4.69) is 4.72 Å². The molecule has 27 heavy (non-hydrogen) atoms. The molecule has 0 aliphatic carbocycles. The van der Waals surface area contributed by atoms with Crippen molar-refractivity contribution in [3.05, 3.63) is 69.8 Å². The zero-order chi connectivity index (χ0) is 20.2. The van der Waals surface area contributed by atoms with E-state index in [1.54, 1.807) is 20.8 Å². The summed E-state index contributed by atoms with van der Waals surface area (Å²) in [5, 5.41) is 10.6. The van der Waals surface area contributed by atoms with Crippen LogP contribution in [0, 0.1) is 10.1 Å². The fraction of sp³-hybridized carbons (Fsp3) is 0.278. The molecule has 0 aliphatic heterocycles. The molecule has 0 radical (unpaired) electrons. The fourth-order valence-corrected chi connectivity index (χ4v) is 3.60. The zero-order valence-corrected chi connectivity index (χ0v) is 15.9. The van der Waals surface area contributed by atoms with Crippen molar-refractivity contribution in [3.8, 4) is 0 Å². The summed E-state index contributed by atoms with van der Waals surface area (Å²) in [6, 6.07) is 11.0. The number of carbonyl (C=O) groups is 1. The molecule has 144 valence electrons. The number of ether oxygens (including phenoxy) is 1. The maximum atomic E-state index is 12.2. The molecule has 8 nitrogen and oxygen atoms in total. The Hall–Kier alpha value is -2.78. The standard InChI is InChI=1S/C18H20N2O6S/c1-18(2,3)19-27(24,25)16-10-6-14(7-11-16)17(21)26-12-13-4-8-15(9-5-13)20(22)23/h4-11,19H,12H2,1-3H3. The average Bonchev–Trinajstić information content (AvgIpc) is 2.58. The molecule has 0 fully saturated rings. The van der Waals surface area contributed by atoms with Gasteiger partial charge in [0.25, 0.3) is 5.69 Å². The summed E-state index contributed by atoms with van der Waals surface area (Å²) in [6.45, 7) is 5.14. The zero-order valence-electron chi connectivity index (χ0n) is 15.1. The smallest absolute Gasteiger partial charge is 0.338 e. The minimum absolute atomic E-state index is 0.0457. The van der Waals surface area contributed by atoms with Gasteiger partial charge in [-0.25, -0.2) is 17.9 Å². The quantitative estimate of drug-likeness (QED) is 0.459. The lowest BCUT2D eigenvalue weighted by Gasteiger charge is -2.20. The minimum atomic E-state index is -3.68.